The minimum absolute atomic E-state index is 0.104. The number of anilines is 4. The molecule has 0 saturated carbocycles. The lowest BCUT2D eigenvalue weighted by molar-refractivity contribution is 0.0903. The summed E-state index contributed by atoms with van der Waals surface area (Å²) in [6, 6.07) is 6.14. The summed E-state index contributed by atoms with van der Waals surface area (Å²) in [5.74, 6) is 1.07. The third kappa shape index (κ3) is 5.45. The summed E-state index contributed by atoms with van der Waals surface area (Å²) < 4.78 is 11.1. The van der Waals surface area contributed by atoms with Crippen molar-refractivity contribution in [2.24, 2.45) is 5.73 Å². The molecule has 1 aromatic carbocycles. The van der Waals surface area contributed by atoms with Gasteiger partial charge in [-0.1, -0.05) is 0 Å². The molecule has 2 aliphatic rings. The molecule has 1 amide bonds. The summed E-state index contributed by atoms with van der Waals surface area (Å²) in [6.45, 7) is 7.15. The fourth-order valence-corrected chi connectivity index (χ4v) is 4.15. The molecule has 2 saturated heterocycles. The zero-order valence-corrected chi connectivity index (χ0v) is 19.6. The number of piperazine rings is 1. The summed E-state index contributed by atoms with van der Waals surface area (Å²) in [4.78, 5) is 25.8. The summed E-state index contributed by atoms with van der Waals surface area (Å²) in [5.41, 5.74) is 8.12. The molecule has 0 unspecified atom stereocenters. The Morgan fingerprint density at radius 3 is 2.55 bits per heavy atom. The average molecular weight is 456 g/mol. The summed E-state index contributed by atoms with van der Waals surface area (Å²) in [6.07, 6.45) is 1.79. The zero-order valence-electron chi connectivity index (χ0n) is 19.6. The third-order valence-corrected chi connectivity index (χ3v) is 6.15. The lowest BCUT2D eigenvalue weighted by Gasteiger charge is -2.34. The number of rotatable bonds is 7. The van der Waals surface area contributed by atoms with Gasteiger partial charge >= 0.3 is 0 Å². The topological polar surface area (TPSA) is 118 Å². The summed E-state index contributed by atoms with van der Waals surface area (Å²) in [5, 5.41) is 6.66. The number of hydrogen-bond acceptors (Lipinski definition) is 9. The molecule has 33 heavy (non-hydrogen) atoms. The number of aromatic nitrogens is 2. The van der Waals surface area contributed by atoms with Crippen molar-refractivity contribution in [3.05, 3.63) is 29.6 Å². The lowest BCUT2D eigenvalue weighted by atomic mass is 10.1. The van der Waals surface area contributed by atoms with Crippen LogP contribution in [0.25, 0.3) is 0 Å². The Morgan fingerprint density at radius 2 is 1.88 bits per heavy atom. The second-order valence-corrected chi connectivity index (χ2v) is 8.55. The van der Waals surface area contributed by atoms with Crippen LogP contribution in [0.5, 0.6) is 5.75 Å². The predicted molar refractivity (Wildman–Crippen MR) is 129 cm³/mol. The molecular formula is C23H33N7O3. The number of ether oxygens (including phenoxy) is 2. The molecule has 0 spiro atoms. The average Bonchev–Trinajstić information content (AvgIpc) is 2.82. The molecule has 2 aromatic rings. The van der Waals surface area contributed by atoms with E-state index in [0.717, 1.165) is 56.1 Å². The van der Waals surface area contributed by atoms with Gasteiger partial charge in [0.1, 0.15) is 11.6 Å². The number of amides is 1. The van der Waals surface area contributed by atoms with Gasteiger partial charge in [-0.15, -0.1) is 0 Å². The van der Waals surface area contributed by atoms with E-state index in [1.165, 1.54) is 0 Å². The van der Waals surface area contributed by atoms with Crippen LogP contribution >= 0.6 is 0 Å². The summed E-state index contributed by atoms with van der Waals surface area (Å²) in [7, 11) is 3.79. The number of carbonyl (C=O) groups excluding carboxylic acids is 1. The minimum Gasteiger partial charge on any atom is -0.495 e. The second-order valence-electron chi connectivity index (χ2n) is 8.55. The molecule has 1 aromatic heterocycles. The molecule has 2 aliphatic heterocycles. The molecule has 3 heterocycles. The summed E-state index contributed by atoms with van der Waals surface area (Å²) >= 11 is 0. The van der Waals surface area contributed by atoms with Crippen LogP contribution in [0.4, 0.5) is 23.0 Å². The van der Waals surface area contributed by atoms with Crippen molar-refractivity contribution < 1.29 is 14.3 Å². The Bertz CT molecular complexity index is 986. The number of nitrogens with two attached hydrogens (primary N) is 1. The van der Waals surface area contributed by atoms with E-state index in [0.29, 0.717) is 30.5 Å². The van der Waals surface area contributed by atoms with Crippen molar-refractivity contribution in [1.82, 2.24) is 14.9 Å². The number of carbonyl (C=O) groups is 1. The largest absolute Gasteiger partial charge is 0.495 e. The van der Waals surface area contributed by atoms with Crippen LogP contribution in [0.15, 0.2) is 18.2 Å². The molecule has 0 atom stereocenters. The third-order valence-electron chi connectivity index (χ3n) is 6.15. The van der Waals surface area contributed by atoms with E-state index in [-0.39, 0.29) is 11.7 Å². The van der Waals surface area contributed by atoms with Crippen LogP contribution in [-0.4, -0.2) is 80.4 Å². The van der Waals surface area contributed by atoms with E-state index in [1.54, 1.807) is 7.11 Å². The SMILES string of the molecule is COc1cc(Nc2nc(NC3CCOCC3)c(C)nc2C(N)=O)ccc1N1CCN(C)CC1. The van der Waals surface area contributed by atoms with E-state index in [1.807, 2.05) is 25.1 Å². The first-order chi connectivity index (χ1) is 15.9. The highest BCUT2D eigenvalue weighted by Crippen LogP contribution is 2.33. The molecule has 178 valence electrons. The highest BCUT2D eigenvalue weighted by molar-refractivity contribution is 5.96. The molecule has 10 heteroatoms. The number of likely N-dealkylation sites (N-methyl/N-ethyl adjacent to an activating group) is 1. The monoisotopic (exact) mass is 455 g/mol. The number of methoxy groups -OCH3 is 1. The van der Waals surface area contributed by atoms with Crippen molar-refractivity contribution >= 4 is 28.9 Å². The van der Waals surface area contributed by atoms with Crippen molar-refractivity contribution in [1.29, 1.82) is 0 Å². The van der Waals surface area contributed by atoms with Gasteiger partial charge in [0.05, 0.1) is 18.5 Å². The standard InChI is InChI=1S/C23H33N7O3/c1-15-22(26-16-6-12-33-13-7-16)28-23(20(25-15)21(24)31)27-17-4-5-18(19(14-17)32-3)30-10-8-29(2)9-11-30/h4-5,14,16H,6-13H2,1-3H3,(H2,24,31)(H2,26,27,28). The fourth-order valence-electron chi connectivity index (χ4n) is 4.15. The molecule has 0 radical (unpaired) electrons. The van der Waals surface area contributed by atoms with Crippen LogP contribution in [0.1, 0.15) is 29.0 Å². The van der Waals surface area contributed by atoms with E-state index in [2.05, 4.69) is 37.4 Å². The van der Waals surface area contributed by atoms with Gasteiger partial charge in [0.2, 0.25) is 0 Å². The van der Waals surface area contributed by atoms with Gasteiger partial charge in [-0.3, -0.25) is 4.79 Å². The van der Waals surface area contributed by atoms with Crippen molar-refractivity contribution in [2.75, 3.05) is 69.1 Å². The quantitative estimate of drug-likeness (QED) is 0.576. The maximum absolute atomic E-state index is 12.1. The molecule has 0 aliphatic carbocycles. The highest BCUT2D eigenvalue weighted by atomic mass is 16.5. The van der Waals surface area contributed by atoms with Crippen molar-refractivity contribution in [3.8, 4) is 5.75 Å². The van der Waals surface area contributed by atoms with E-state index in [4.69, 9.17) is 15.2 Å². The van der Waals surface area contributed by atoms with E-state index >= 15 is 0 Å². The molecule has 10 nitrogen and oxygen atoms in total. The molecule has 4 rings (SSSR count). The van der Waals surface area contributed by atoms with Crippen LogP contribution in [-0.2, 0) is 4.74 Å². The Balaban J connectivity index is 1.59. The Labute approximate surface area is 194 Å². The van der Waals surface area contributed by atoms with Gasteiger partial charge in [-0.05, 0) is 38.9 Å². The number of nitrogens with one attached hydrogen (secondary N) is 2. The zero-order chi connectivity index (χ0) is 23.4. The number of aryl methyl sites for hydroxylation is 1. The molecule has 0 bridgehead atoms. The smallest absolute Gasteiger partial charge is 0.271 e. The lowest BCUT2D eigenvalue weighted by Crippen LogP contribution is -2.44. The van der Waals surface area contributed by atoms with Gasteiger partial charge in [0.15, 0.2) is 11.5 Å². The number of benzene rings is 1. The first-order valence-electron chi connectivity index (χ1n) is 11.4. The van der Waals surface area contributed by atoms with Crippen molar-refractivity contribution in [3.63, 3.8) is 0 Å². The number of primary amides is 1. The Kier molecular flexibility index (Phi) is 7.14. The number of hydrogen-bond donors (Lipinski definition) is 3. The Morgan fingerprint density at radius 1 is 1.15 bits per heavy atom. The Hall–Kier alpha value is -3.11. The maximum Gasteiger partial charge on any atom is 0.271 e. The van der Waals surface area contributed by atoms with Gasteiger partial charge in [-0.2, -0.15) is 0 Å². The van der Waals surface area contributed by atoms with E-state index in [9.17, 15) is 4.79 Å². The van der Waals surface area contributed by atoms with Gasteiger partial charge in [0, 0.05) is 57.2 Å². The fraction of sp³-hybridized carbons (Fsp3) is 0.522. The minimum atomic E-state index is -0.633. The molecule has 4 N–H and O–H groups in total. The first kappa shape index (κ1) is 23.1. The highest BCUT2D eigenvalue weighted by Gasteiger charge is 2.21. The van der Waals surface area contributed by atoms with Gasteiger partial charge in [0.25, 0.3) is 5.91 Å². The normalized spacial score (nSPS) is 17.6. The first-order valence-corrected chi connectivity index (χ1v) is 11.4. The van der Waals surface area contributed by atoms with Crippen molar-refractivity contribution in [2.45, 2.75) is 25.8 Å². The van der Waals surface area contributed by atoms with Gasteiger partial charge in [-0.25, -0.2) is 9.97 Å². The molecule has 2 fully saturated rings. The van der Waals surface area contributed by atoms with Crippen LogP contribution in [0.2, 0.25) is 0 Å². The van der Waals surface area contributed by atoms with Crippen LogP contribution in [0.3, 0.4) is 0 Å². The van der Waals surface area contributed by atoms with Crippen LogP contribution in [0, 0.1) is 6.92 Å². The van der Waals surface area contributed by atoms with Gasteiger partial charge < -0.3 is 35.6 Å². The second kappa shape index (κ2) is 10.2. The van der Waals surface area contributed by atoms with Crippen LogP contribution < -0.4 is 26.0 Å². The number of nitrogens with zero attached hydrogens (tertiary/aromatic N) is 4. The molecular weight excluding hydrogens is 422 g/mol. The van der Waals surface area contributed by atoms with E-state index < -0.39 is 5.91 Å². The predicted octanol–water partition coefficient (Wildman–Crippen LogP) is 1.98. The maximum atomic E-state index is 12.1.